The molecule has 3 rings (SSSR count). The van der Waals surface area contributed by atoms with Crippen LogP contribution in [0.2, 0.25) is 5.15 Å². The quantitative estimate of drug-likeness (QED) is 0.722. The van der Waals surface area contributed by atoms with E-state index in [1.807, 2.05) is 17.8 Å². The molecule has 0 aromatic carbocycles. The summed E-state index contributed by atoms with van der Waals surface area (Å²) in [6, 6.07) is 1.99. The molecule has 0 N–H and O–H groups in total. The molecule has 1 aliphatic carbocycles. The number of hydrogen-bond donors (Lipinski definition) is 0. The van der Waals surface area contributed by atoms with Gasteiger partial charge in [0, 0.05) is 28.4 Å². The lowest BCUT2D eigenvalue weighted by Crippen LogP contribution is -2.21. The van der Waals surface area contributed by atoms with Crippen LogP contribution in [0.4, 0.5) is 0 Å². The topological polar surface area (TPSA) is 25.8 Å². The van der Waals surface area contributed by atoms with Crippen molar-refractivity contribution >= 4 is 35.1 Å². The van der Waals surface area contributed by atoms with Crippen molar-refractivity contribution in [1.29, 1.82) is 0 Å². The highest BCUT2D eigenvalue weighted by atomic mass is 35.5. The van der Waals surface area contributed by atoms with Gasteiger partial charge in [0.05, 0.1) is 5.25 Å². The molecule has 2 fully saturated rings. The van der Waals surface area contributed by atoms with Gasteiger partial charge < -0.3 is 0 Å². The Bertz CT molecular complexity index is 463. The average molecular weight is 329 g/mol. The summed E-state index contributed by atoms with van der Waals surface area (Å²) in [7, 11) is 0. The third-order valence-electron chi connectivity index (χ3n) is 4.21. The van der Waals surface area contributed by atoms with Gasteiger partial charge in [0.2, 0.25) is 0 Å². The highest BCUT2D eigenvalue weighted by Gasteiger charge is 2.30. The molecule has 0 spiro atoms. The molecule has 2 atom stereocenters. The molecule has 1 aromatic rings. The molecule has 0 radical (unpaired) electrons. The second-order valence-corrected chi connectivity index (χ2v) is 8.55. The van der Waals surface area contributed by atoms with Crippen LogP contribution >= 0.6 is 35.1 Å². The van der Waals surface area contributed by atoms with Crippen molar-refractivity contribution in [2.24, 2.45) is 0 Å². The Balaban J connectivity index is 1.87. The fraction of sp³-hybridized carbons (Fsp3) is 0.733. The number of nitrogens with zero attached hydrogens (tertiary/aromatic N) is 2. The van der Waals surface area contributed by atoms with Gasteiger partial charge in [-0.1, -0.05) is 31.4 Å². The van der Waals surface area contributed by atoms with Crippen LogP contribution in [0.5, 0.6) is 0 Å². The predicted octanol–water partition coefficient (Wildman–Crippen LogP) is 5.09. The van der Waals surface area contributed by atoms with E-state index in [0.29, 0.717) is 21.6 Å². The normalized spacial score (nSPS) is 27.9. The molecule has 20 heavy (non-hydrogen) atoms. The molecule has 5 heteroatoms. The van der Waals surface area contributed by atoms with Crippen molar-refractivity contribution in [2.45, 2.75) is 55.4 Å². The smallest absolute Gasteiger partial charge is 0.144 e. The molecule has 110 valence electrons. The Labute approximate surface area is 134 Å². The van der Waals surface area contributed by atoms with E-state index in [-0.39, 0.29) is 0 Å². The van der Waals surface area contributed by atoms with E-state index in [2.05, 4.69) is 23.7 Å². The summed E-state index contributed by atoms with van der Waals surface area (Å²) >= 11 is 10.3. The van der Waals surface area contributed by atoms with Gasteiger partial charge in [-0.2, -0.15) is 11.8 Å². The van der Waals surface area contributed by atoms with Gasteiger partial charge in [0.25, 0.3) is 0 Å². The fourth-order valence-electron chi connectivity index (χ4n) is 3.15. The van der Waals surface area contributed by atoms with Crippen LogP contribution in [0.25, 0.3) is 0 Å². The highest BCUT2D eigenvalue weighted by molar-refractivity contribution is 8.06. The standard InChI is InChI=1S/C15H21ClN2S2/c1-2-12-14(20-8-7-19-12)15-17-11(9-13(16)18-15)10-5-3-4-6-10/h9-10,12,14H,2-8H2,1H3. The fourth-order valence-corrected chi connectivity index (χ4v) is 6.34. The molecule has 2 nitrogen and oxygen atoms in total. The minimum absolute atomic E-state index is 0.414. The van der Waals surface area contributed by atoms with E-state index in [1.165, 1.54) is 49.3 Å². The third kappa shape index (κ3) is 3.28. The van der Waals surface area contributed by atoms with Crippen LogP contribution in [-0.4, -0.2) is 26.7 Å². The molecule has 0 amide bonds. The first-order chi connectivity index (χ1) is 9.78. The Morgan fingerprint density at radius 2 is 1.95 bits per heavy atom. The Hall–Kier alpha value is 0.0700. The summed E-state index contributed by atoms with van der Waals surface area (Å²) in [6.07, 6.45) is 6.35. The van der Waals surface area contributed by atoms with Crippen LogP contribution in [0.3, 0.4) is 0 Å². The lowest BCUT2D eigenvalue weighted by molar-refractivity contribution is 0.671. The number of rotatable bonds is 3. The Morgan fingerprint density at radius 3 is 2.70 bits per heavy atom. The Kier molecular flexibility index (Phi) is 5.16. The molecule has 2 aliphatic rings. The zero-order valence-electron chi connectivity index (χ0n) is 11.8. The van der Waals surface area contributed by atoms with E-state index in [1.54, 1.807) is 0 Å². The lowest BCUT2D eigenvalue weighted by Gasteiger charge is -2.29. The van der Waals surface area contributed by atoms with E-state index in [0.717, 1.165) is 5.82 Å². The van der Waals surface area contributed by atoms with Crippen LogP contribution < -0.4 is 0 Å². The maximum Gasteiger partial charge on any atom is 0.144 e. The van der Waals surface area contributed by atoms with Crippen molar-refractivity contribution in [3.8, 4) is 0 Å². The summed E-state index contributed by atoms with van der Waals surface area (Å²) in [5.74, 6) is 4.02. The lowest BCUT2D eigenvalue weighted by atomic mass is 10.0. The third-order valence-corrected chi connectivity index (χ3v) is 7.65. The molecule has 1 saturated carbocycles. The summed E-state index contributed by atoms with van der Waals surface area (Å²) in [5, 5.41) is 1.67. The Morgan fingerprint density at radius 1 is 1.20 bits per heavy atom. The van der Waals surface area contributed by atoms with Gasteiger partial charge in [0.1, 0.15) is 11.0 Å². The van der Waals surface area contributed by atoms with Crippen LogP contribution in [0.1, 0.15) is 61.7 Å². The van der Waals surface area contributed by atoms with Gasteiger partial charge in [-0.15, -0.1) is 11.8 Å². The molecule has 1 aromatic heterocycles. The molecular formula is C15H21ClN2S2. The van der Waals surface area contributed by atoms with E-state index >= 15 is 0 Å². The van der Waals surface area contributed by atoms with Crippen LogP contribution in [-0.2, 0) is 0 Å². The van der Waals surface area contributed by atoms with Crippen molar-refractivity contribution in [3.63, 3.8) is 0 Å². The molecule has 2 unspecified atom stereocenters. The molecule has 0 bridgehead atoms. The van der Waals surface area contributed by atoms with Crippen molar-refractivity contribution < 1.29 is 0 Å². The first-order valence-corrected chi connectivity index (χ1v) is 10.0. The van der Waals surface area contributed by atoms with Crippen LogP contribution in [0, 0.1) is 0 Å². The number of aromatic nitrogens is 2. The summed E-state index contributed by atoms with van der Waals surface area (Å²) in [5.41, 5.74) is 1.18. The van der Waals surface area contributed by atoms with Gasteiger partial charge in [-0.3, -0.25) is 0 Å². The zero-order valence-corrected chi connectivity index (χ0v) is 14.2. The summed E-state index contributed by atoms with van der Waals surface area (Å²) in [6.45, 7) is 2.26. The minimum atomic E-state index is 0.414. The van der Waals surface area contributed by atoms with E-state index < -0.39 is 0 Å². The van der Waals surface area contributed by atoms with Gasteiger partial charge in [0.15, 0.2) is 0 Å². The zero-order chi connectivity index (χ0) is 13.9. The maximum absolute atomic E-state index is 6.27. The average Bonchev–Trinajstić information content (AvgIpc) is 3.01. The second-order valence-electron chi connectivity index (χ2n) is 5.56. The highest BCUT2D eigenvalue weighted by Crippen LogP contribution is 2.43. The first-order valence-electron chi connectivity index (χ1n) is 7.55. The van der Waals surface area contributed by atoms with Crippen molar-refractivity contribution in [1.82, 2.24) is 9.97 Å². The largest absolute Gasteiger partial charge is 0.236 e. The monoisotopic (exact) mass is 328 g/mol. The van der Waals surface area contributed by atoms with Crippen LogP contribution in [0.15, 0.2) is 6.07 Å². The van der Waals surface area contributed by atoms with E-state index in [4.69, 9.17) is 16.6 Å². The number of hydrogen-bond acceptors (Lipinski definition) is 4. The SMILES string of the molecule is CCC1SCCSC1c1nc(Cl)cc(C2CCCC2)n1. The second kappa shape index (κ2) is 6.89. The first kappa shape index (κ1) is 15.0. The number of halogens is 1. The molecular weight excluding hydrogens is 308 g/mol. The van der Waals surface area contributed by atoms with Crippen molar-refractivity contribution in [2.75, 3.05) is 11.5 Å². The molecule has 1 aliphatic heterocycles. The van der Waals surface area contributed by atoms with Gasteiger partial charge in [-0.05, 0) is 25.3 Å². The minimum Gasteiger partial charge on any atom is -0.236 e. The van der Waals surface area contributed by atoms with Gasteiger partial charge >= 0.3 is 0 Å². The summed E-state index contributed by atoms with van der Waals surface area (Å²) in [4.78, 5) is 9.45. The molecule has 1 saturated heterocycles. The van der Waals surface area contributed by atoms with Crippen molar-refractivity contribution in [3.05, 3.63) is 22.7 Å². The van der Waals surface area contributed by atoms with Gasteiger partial charge in [-0.25, -0.2) is 9.97 Å². The number of thioether (sulfide) groups is 2. The predicted molar refractivity (Wildman–Crippen MR) is 90.0 cm³/mol. The summed E-state index contributed by atoms with van der Waals surface area (Å²) < 4.78 is 0. The maximum atomic E-state index is 6.27. The molecule has 2 heterocycles. The van der Waals surface area contributed by atoms with E-state index in [9.17, 15) is 0 Å².